The molecule has 1 rings (SSSR count). The van der Waals surface area contributed by atoms with Crippen LogP contribution in [0.25, 0.3) is 0 Å². The molecule has 0 spiro atoms. The second-order valence-corrected chi connectivity index (χ2v) is 3.73. The Morgan fingerprint density at radius 1 is 1.20 bits per heavy atom. The molecular weight excluding hydrogens is 274 g/mol. The molecule has 0 unspecified atom stereocenters. The quantitative estimate of drug-likeness (QED) is 0.555. The summed E-state index contributed by atoms with van der Waals surface area (Å²) in [6.07, 6.45) is 0. The van der Waals surface area contributed by atoms with Gasteiger partial charge in [0.2, 0.25) is 0 Å². The molecule has 0 bridgehead atoms. The molecule has 1 aromatic rings. The number of hydrogen-bond donors (Lipinski definition) is 2. The summed E-state index contributed by atoms with van der Waals surface area (Å²) in [6.45, 7) is 0. The molecule has 5 nitrogen and oxygen atoms in total. The van der Waals surface area contributed by atoms with Crippen LogP contribution in [-0.2, 0) is 10.1 Å². The van der Waals surface area contributed by atoms with Gasteiger partial charge in [-0.05, 0) is 18.2 Å². The van der Waals surface area contributed by atoms with Gasteiger partial charge in [-0.25, -0.2) is 4.79 Å². The van der Waals surface area contributed by atoms with Crippen molar-refractivity contribution in [1.29, 1.82) is 0 Å². The summed E-state index contributed by atoms with van der Waals surface area (Å²) in [6, 6.07) is 4.48. The number of aromatic carboxylic acids is 1. The van der Waals surface area contributed by atoms with Crippen LogP contribution in [0.5, 0.6) is 0 Å². The normalized spacial score (nSPS) is 9.67. The molecule has 74 valence electrons. The zero-order valence-electron chi connectivity index (χ0n) is 6.34. The van der Waals surface area contributed by atoms with Crippen molar-refractivity contribution < 1.29 is 22.9 Å². The molecule has 0 amide bonds. The molecule has 0 aliphatic heterocycles. The Morgan fingerprint density at radius 2 is 1.73 bits per heavy atom. The van der Waals surface area contributed by atoms with Gasteiger partial charge in [-0.15, -0.1) is 0 Å². The van der Waals surface area contributed by atoms with E-state index >= 15 is 0 Å². The molecule has 0 aliphatic rings. The number of carboxylic acids is 1. The van der Waals surface area contributed by atoms with Crippen LogP contribution in [-0.4, -0.2) is 127 Å². The third-order valence-corrected chi connectivity index (χ3v) is 2.23. The molecular formula is C7H8K2O5S. The van der Waals surface area contributed by atoms with E-state index < -0.39 is 21.0 Å². The molecule has 0 saturated heterocycles. The fourth-order valence-corrected chi connectivity index (χ4v) is 1.32. The number of carbonyl (C=O) groups is 1. The van der Waals surface area contributed by atoms with Crippen molar-refractivity contribution >= 4 is 119 Å². The number of rotatable bonds is 2. The maximum atomic E-state index is 10.6. The third-order valence-electron chi connectivity index (χ3n) is 1.38. The summed E-state index contributed by atoms with van der Waals surface area (Å²) >= 11 is 0. The van der Waals surface area contributed by atoms with Gasteiger partial charge in [0.15, 0.2) is 0 Å². The van der Waals surface area contributed by atoms with Crippen molar-refractivity contribution in [2.75, 3.05) is 0 Å². The Labute approximate surface area is 172 Å². The fourth-order valence-electron chi connectivity index (χ4n) is 0.790. The van der Waals surface area contributed by atoms with Gasteiger partial charge in [-0.2, -0.15) is 8.42 Å². The van der Waals surface area contributed by atoms with Crippen LogP contribution in [0.15, 0.2) is 29.2 Å². The summed E-state index contributed by atoms with van der Waals surface area (Å²) in [7, 11) is -4.32. The van der Waals surface area contributed by atoms with Crippen molar-refractivity contribution in [3.05, 3.63) is 29.8 Å². The molecule has 2 N–H and O–H groups in total. The minimum atomic E-state index is -4.32. The van der Waals surface area contributed by atoms with Crippen LogP contribution in [0.2, 0.25) is 0 Å². The van der Waals surface area contributed by atoms with Gasteiger partial charge in [0.05, 0.1) is 10.5 Å². The van der Waals surface area contributed by atoms with Crippen LogP contribution in [0, 0.1) is 0 Å². The average molecular weight is 282 g/mol. The van der Waals surface area contributed by atoms with E-state index in [2.05, 4.69) is 0 Å². The Morgan fingerprint density at radius 3 is 2.13 bits per heavy atom. The van der Waals surface area contributed by atoms with Gasteiger partial charge < -0.3 is 5.11 Å². The maximum absolute atomic E-state index is 10.6. The average Bonchev–Trinajstić information content (AvgIpc) is 2.03. The van der Waals surface area contributed by atoms with Gasteiger partial charge in [0.1, 0.15) is 0 Å². The molecule has 0 atom stereocenters. The van der Waals surface area contributed by atoms with Gasteiger partial charge in [-0.1, -0.05) is 6.07 Å². The number of hydrogen-bond acceptors (Lipinski definition) is 3. The molecule has 0 radical (unpaired) electrons. The minimum absolute atomic E-state index is 0. The Bertz CT molecular complexity index is 442. The van der Waals surface area contributed by atoms with Gasteiger partial charge in [0, 0.05) is 0 Å². The first-order valence-corrected chi connectivity index (χ1v) is 4.66. The van der Waals surface area contributed by atoms with E-state index in [-0.39, 0.29) is 108 Å². The second kappa shape index (κ2) is 8.06. The van der Waals surface area contributed by atoms with Gasteiger partial charge in [-0.3, -0.25) is 4.55 Å². The van der Waals surface area contributed by atoms with Crippen LogP contribution >= 0.6 is 0 Å². The first-order valence-electron chi connectivity index (χ1n) is 3.22. The van der Waals surface area contributed by atoms with E-state index in [1.54, 1.807) is 0 Å². The summed E-state index contributed by atoms with van der Waals surface area (Å²) in [5.41, 5.74) is -0.185. The monoisotopic (exact) mass is 282 g/mol. The van der Waals surface area contributed by atoms with Crippen molar-refractivity contribution in [1.82, 2.24) is 0 Å². The molecule has 1 aromatic carbocycles. The predicted octanol–water partition coefficient (Wildman–Crippen LogP) is -0.666. The zero-order chi connectivity index (χ0) is 10.1. The molecule has 0 fully saturated rings. The van der Waals surface area contributed by atoms with Gasteiger partial charge in [0.25, 0.3) is 10.1 Å². The van der Waals surface area contributed by atoms with Crippen LogP contribution < -0.4 is 0 Å². The second-order valence-electron chi connectivity index (χ2n) is 2.31. The SMILES string of the molecule is O=C(O)c1cccc(S(=O)(=O)O)c1.[KH].[KH]. The van der Waals surface area contributed by atoms with E-state index in [1.807, 2.05) is 0 Å². The third kappa shape index (κ3) is 6.39. The van der Waals surface area contributed by atoms with Crippen molar-refractivity contribution in [2.45, 2.75) is 4.90 Å². The Hall–Kier alpha value is 1.87. The van der Waals surface area contributed by atoms with Crippen molar-refractivity contribution in [2.24, 2.45) is 0 Å². The van der Waals surface area contributed by atoms with Crippen molar-refractivity contribution in [3.8, 4) is 0 Å². The van der Waals surface area contributed by atoms with Crippen LogP contribution in [0.1, 0.15) is 10.4 Å². The molecule has 0 aromatic heterocycles. The predicted molar refractivity (Wildman–Crippen MR) is 57.5 cm³/mol. The van der Waals surface area contributed by atoms with E-state index in [4.69, 9.17) is 9.66 Å². The summed E-state index contributed by atoms with van der Waals surface area (Å²) in [5.74, 6) is -1.24. The molecule has 0 heterocycles. The summed E-state index contributed by atoms with van der Waals surface area (Å²) < 4.78 is 29.7. The molecule has 15 heavy (non-hydrogen) atoms. The summed E-state index contributed by atoms with van der Waals surface area (Å²) in [4.78, 5) is 9.98. The Balaban J connectivity index is 0. The van der Waals surface area contributed by atoms with E-state index in [9.17, 15) is 13.2 Å². The molecule has 0 saturated carbocycles. The standard InChI is InChI=1S/C7H6O5S.2K.2H/c8-7(9)5-2-1-3-6(4-5)13(10,11)12;;;;/h1-4H,(H,8,9)(H,10,11,12);;;;. The first-order chi connectivity index (χ1) is 5.91. The zero-order valence-corrected chi connectivity index (χ0v) is 7.15. The first kappa shape index (κ1) is 19.2. The topological polar surface area (TPSA) is 91.7 Å². The fraction of sp³-hybridized carbons (Fsp3) is 0. The molecule has 0 aliphatic carbocycles. The Kier molecular flexibility index (Phi) is 10.3. The van der Waals surface area contributed by atoms with Crippen molar-refractivity contribution in [3.63, 3.8) is 0 Å². The molecule has 8 heteroatoms. The van der Waals surface area contributed by atoms with Crippen LogP contribution in [0.4, 0.5) is 0 Å². The van der Waals surface area contributed by atoms with E-state index in [0.717, 1.165) is 12.1 Å². The number of benzene rings is 1. The number of carboxylic acid groups (broad SMARTS) is 1. The van der Waals surface area contributed by atoms with E-state index in [1.165, 1.54) is 12.1 Å². The van der Waals surface area contributed by atoms with Crippen LogP contribution in [0.3, 0.4) is 0 Å². The van der Waals surface area contributed by atoms with E-state index in [0.29, 0.717) is 0 Å². The van der Waals surface area contributed by atoms with Gasteiger partial charge >= 0.3 is 109 Å². The summed E-state index contributed by atoms with van der Waals surface area (Å²) in [5, 5.41) is 8.50.